The zero-order chi connectivity index (χ0) is 24.3. The van der Waals surface area contributed by atoms with Gasteiger partial charge in [0, 0.05) is 19.0 Å². The molecule has 1 N–H and O–H groups in total. The summed E-state index contributed by atoms with van der Waals surface area (Å²) in [6, 6.07) is 8.47. The smallest absolute Gasteiger partial charge is 0.248 e. The second-order valence-electron chi connectivity index (χ2n) is 9.54. The van der Waals surface area contributed by atoms with Gasteiger partial charge in [0.25, 0.3) is 0 Å². The molecular weight excluding hydrogens is 438 g/mol. The van der Waals surface area contributed by atoms with Gasteiger partial charge in [0.1, 0.15) is 10.6 Å². The molecule has 2 heterocycles. The van der Waals surface area contributed by atoms with Crippen LogP contribution >= 0.6 is 0 Å². The summed E-state index contributed by atoms with van der Waals surface area (Å²) in [4.78, 5) is 13.2. The Labute approximate surface area is 198 Å². The molecule has 0 radical (unpaired) electrons. The molecule has 2 atom stereocenters. The van der Waals surface area contributed by atoms with Crippen LogP contribution in [0.3, 0.4) is 0 Å². The van der Waals surface area contributed by atoms with Crippen LogP contribution in [0.1, 0.15) is 81.5 Å². The molecule has 8 heteroatoms. The Bertz CT molecular complexity index is 1030. The highest BCUT2D eigenvalue weighted by Crippen LogP contribution is 2.29. The summed E-state index contributed by atoms with van der Waals surface area (Å²) >= 11 is 0. The van der Waals surface area contributed by atoms with Crippen LogP contribution in [0.2, 0.25) is 0 Å². The largest absolute Gasteiger partial charge is 0.360 e. The van der Waals surface area contributed by atoms with E-state index in [2.05, 4.69) is 62.4 Å². The van der Waals surface area contributed by atoms with Crippen LogP contribution in [0.25, 0.3) is 0 Å². The molecule has 1 aromatic heterocycles. The molecule has 7 nitrogen and oxygen atoms in total. The highest BCUT2D eigenvalue weighted by Gasteiger charge is 2.36. The van der Waals surface area contributed by atoms with Crippen LogP contribution < -0.4 is 5.32 Å². The van der Waals surface area contributed by atoms with Crippen LogP contribution in [0.15, 0.2) is 33.7 Å². The van der Waals surface area contributed by atoms with E-state index in [1.54, 1.807) is 13.8 Å². The molecule has 3 rings (SSSR count). The van der Waals surface area contributed by atoms with Crippen molar-refractivity contribution < 1.29 is 17.7 Å². The fourth-order valence-electron chi connectivity index (χ4n) is 4.50. The van der Waals surface area contributed by atoms with E-state index in [9.17, 15) is 13.2 Å². The van der Waals surface area contributed by atoms with Crippen molar-refractivity contribution in [3.63, 3.8) is 0 Å². The Morgan fingerprint density at radius 2 is 1.70 bits per heavy atom. The highest BCUT2D eigenvalue weighted by atomic mass is 32.2. The number of rotatable bonds is 8. The van der Waals surface area contributed by atoms with E-state index < -0.39 is 10.0 Å². The summed E-state index contributed by atoms with van der Waals surface area (Å²) in [6.07, 6.45) is 2.08. The fraction of sp³-hybridized carbons (Fsp3) is 0.600. The van der Waals surface area contributed by atoms with E-state index in [0.717, 1.165) is 12.0 Å². The second-order valence-corrected chi connectivity index (χ2v) is 11.4. The minimum Gasteiger partial charge on any atom is -0.360 e. The number of nitrogens with one attached hydrogen (secondary N) is 1. The first-order valence-electron chi connectivity index (χ1n) is 11.9. The summed E-state index contributed by atoms with van der Waals surface area (Å²) in [5.74, 6) is 0.837. The number of sulfonamides is 1. The molecule has 0 saturated carbocycles. The third-order valence-electron chi connectivity index (χ3n) is 6.83. The van der Waals surface area contributed by atoms with Gasteiger partial charge in [-0.1, -0.05) is 57.1 Å². The normalized spacial score (nSPS) is 17.8. The van der Waals surface area contributed by atoms with Gasteiger partial charge in [-0.05, 0) is 56.1 Å². The van der Waals surface area contributed by atoms with Gasteiger partial charge in [-0.25, -0.2) is 8.42 Å². The Balaban J connectivity index is 1.65. The third kappa shape index (κ3) is 5.49. The number of hydrogen-bond donors (Lipinski definition) is 1. The second kappa shape index (κ2) is 10.4. The van der Waals surface area contributed by atoms with Gasteiger partial charge in [0.05, 0.1) is 6.04 Å². The van der Waals surface area contributed by atoms with E-state index in [0.29, 0.717) is 43.3 Å². The van der Waals surface area contributed by atoms with Crippen LogP contribution in [0.4, 0.5) is 0 Å². The maximum Gasteiger partial charge on any atom is 0.248 e. The highest BCUT2D eigenvalue weighted by molar-refractivity contribution is 7.89. The summed E-state index contributed by atoms with van der Waals surface area (Å²) < 4.78 is 32.6. The molecule has 2 unspecified atom stereocenters. The van der Waals surface area contributed by atoms with Crippen molar-refractivity contribution in [3.8, 4) is 0 Å². The molecule has 0 bridgehead atoms. The van der Waals surface area contributed by atoms with Crippen molar-refractivity contribution in [2.75, 3.05) is 13.1 Å². The minimum atomic E-state index is -3.68. The summed E-state index contributed by atoms with van der Waals surface area (Å²) in [5, 5.41) is 7.01. The molecule has 0 spiro atoms. The number of piperidine rings is 1. The number of amides is 1. The fourth-order valence-corrected chi connectivity index (χ4v) is 6.26. The van der Waals surface area contributed by atoms with Crippen molar-refractivity contribution in [2.24, 2.45) is 11.8 Å². The number of aromatic nitrogens is 1. The zero-order valence-electron chi connectivity index (χ0n) is 20.6. The average Bonchev–Trinajstić information content (AvgIpc) is 3.15. The van der Waals surface area contributed by atoms with Crippen molar-refractivity contribution in [3.05, 3.63) is 46.8 Å². The zero-order valence-corrected chi connectivity index (χ0v) is 21.4. The number of carbonyl (C=O) groups is 1. The monoisotopic (exact) mass is 475 g/mol. The number of aryl methyl sites for hydroxylation is 2. The standard InChI is InChI=1S/C25H37N3O4S/c1-7-17(4)20-8-10-21(11-9-20)23(16(2)3)26-25(29)22-12-14-28(15-13-22)33(30,31)24-18(5)27-32-19(24)6/h8-11,16-17,22-23H,7,12-15H2,1-6H3,(H,26,29). The van der Waals surface area contributed by atoms with Gasteiger partial charge in [0.2, 0.25) is 15.9 Å². The Hall–Kier alpha value is -2.19. The van der Waals surface area contributed by atoms with Crippen LogP contribution in [-0.2, 0) is 14.8 Å². The topological polar surface area (TPSA) is 92.5 Å². The van der Waals surface area contributed by atoms with Crippen molar-refractivity contribution in [1.29, 1.82) is 0 Å². The number of hydrogen-bond acceptors (Lipinski definition) is 5. The van der Waals surface area contributed by atoms with Crippen molar-refractivity contribution in [2.45, 2.75) is 77.7 Å². The molecule has 1 aliphatic rings. The van der Waals surface area contributed by atoms with Gasteiger partial charge < -0.3 is 9.84 Å². The quantitative estimate of drug-likeness (QED) is 0.596. The molecule has 1 amide bonds. The molecular formula is C25H37N3O4S. The Morgan fingerprint density at radius 1 is 1.12 bits per heavy atom. The molecule has 0 aliphatic carbocycles. The van der Waals surface area contributed by atoms with Gasteiger partial charge in [-0.15, -0.1) is 0 Å². The molecule has 1 fully saturated rings. The first-order valence-corrected chi connectivity index (χ1v) is 13.3. The van der Waals surface area contributed by atoms with E-state index in [4.69, 9.17) is 4.52 Å². The SMILES string of the molecule is CCC(C)c1ccc(C(NC(=O)C2CCN(S(=O)(=O)c3c(C)noc3C)CC2)C(C)C)cc1. The molecule has 182 valence electrons. The Morgan fingerprint density at radius 3 is 2.18 bits per heavy atom. The van der Waals surface area contributed by atoms with Crippen LogP contribution in [0, 0.1) is 25.7 Å². The first-order chi connectivity index (χ1) is 15.6. The molecule has 33 heavy (non-hydrogen) atoms. The Kier molecular flexibility index (Phi) is 8.00. The van der Waals surface area contributed by atoms with Crippen molar-refractivity contribution >= 4 is 15.9 Å². The number of nitrogens with zero attached hydrogens (tertiary/aromatic N) is 2. The van der Waals surface area contributed by atoms with Gasteiger partial charge in [-0.2, -0.15) is 4.31 Å². The van der Waals surface area contributed by atoms with E-state index in [1.807, 2.05) is 0 Å². The van der Waals surface area contributed by atoms with Crippen molar-refractivity contribution in [1.82, 2.24) is 14.8 Å². The lowest BCUT2D eigenvalue weighted by Crippen LogP contribution is -2.44. The molecule has 1 aliphatic heterocycles. The first kappa shape index (κ1) is 25.4. The molecule has 1 saturated heterocycles. The lowest BCUT2D eigenvalue weighted by Gasteiger charge is -2.32. The van der Waals surface area contributed by atoms with Gasteiger partial charge in [0.15, 0.2) is 5.76 Å². The van der Waals surface area contributed by atoms with E-state index >= 15 is 0 Å². The van der Waals surface area contributed by atoms with Gasteiger partial charge in [-0.3, -0.25) is 4.79 Å². The maximum absolute atomic E-state index is 13.1. The van der Waals surface area contributed by atoms with E-state index in [1.165, 1.54) is 9.87 Å². The molecule has 2 aromatic rings. The predicted octanol–water partition coefficient (Wildman–Crippen LogP) is 4.72. The lowest BCUT2D eigenvalue weighted by atomic mass is 9.91. The summed E-state index contributed by atoms with van der Waals surface area (Å²) in [7, 11) is -3.68. The predicted molar refractivity (Wildman–Crippen MR) is 128 cm³/mol. The summed E-state index contributed by atoms with van der Waals surface area (Å²) in [6.45, 7) is 12.5. The summed E-state index contributed by atoms with van der Waals surface area (Å²) in [5.41, 5.74) is 2.78. The third-order valence-corrected chi connectivity index (χ3v) is 8.98. The number of benzene rings is 1. The van der Waals surface area contributed by atoms with Crippen LogP contribution in [-0.4, -0.2) is 36.9 Å². The minimum absolute atomic E-state index is 0.00547. The number of carbonyl (C=O) groups excluding carboxylic acids is 1. The molecule has 1 aromatic carbocycles. The lowest BCUT2D eigenvalue weighted by molar-refractivity contribution is -0.127. The van der Waals surface area contributed by atoms with Gasteiger partial charge >= 0.3 is 0 Å². The van der Waals surface area contributed by atoms with E-state index in [-0.39, 0.29) is 28.7 Å². The average molecular weight is 476 g/mol. The maximum atomic E-state index is 13.1. The van der Waals surface area contributed by atoms with Crippen LogP contribution in [0.5, 0.6) is 0 Å².